The molecule has 0 saturated heterocycles. The summed E-state index contributed by atoms with van der Waals surface area (Å²) in [7, 11) is 0. The molecule has 96 valence electrons. The number of hydrogen-bond donors (Lipinski definition) is 0. The van der Waals surface area contributed by atoms with Crippen molar-refractivity contribution in [2.75, 3.05) is 11.4 Å². The Morgan fingerprint density at radius 3 is 2.78 bits per heavy atom. The molecule has 1 aromatic rings. The van der Waals surface area contributed by atoms with Crippen molar-refractivity contribution >= 4 is 17.4 Å². The number of unbranched alkanes of at least 4 members (excludes halogenated alkanes) is 1. The second-order valence-corrected chi connectivity index (χ2v) is 4.80. The maximum atomic E-state index is 12.0. The van der Waals surface area contributed by atoms with Gasteiger partial charge < -0.3 is 4.90 Å². The van der Waals surface area contributed by atoms with E-state index in [1.54, 1.807) is 6.92 Å². The van der Waals surface area contributed by atoms with Gasteiger partial charge in [0.15, 0.2) is 5.78 Å². The van der Waals surface area contributed by atoms with E-state index >= 15 is 0 Å². The van der Waals surface area contributed by atoms with Crippen molar-refractivity contribution in [1.29, 1.82) is 0 Å². The Morgan fingerprint density at radius 2 is 2.11 bits per heavy atom. The molecule has 0 N–H and O–H groups in total. The van der Waals surface area contributed by atoms with Gasteiger partial charge in [-0.25, -0.2) is 0 Å². The van der Waals surface area contributed by atoms with Gasteiger partial charge in [-0.05, 0) is 43.5 Å². The number of Topliss-reactive ketones (excluding diaryl/α,β-unsaturated/α-hetero) is 1. The summed E-state index contributed by atoms with van der Waals surface area (Å²) in [6.07, 6.45) is 3.45. The van der Waals surface area contributed by atoms with Crippen molar-refractivity contribution in [3.63, 3.8) is 0 Å². The van der Waals surface area contributed by atoms with Crippen LogP contribution in [0.3, 0.4) is 0 Å². The molecule has 0 bridgehead atoms. The molecule has 0 fully saturated rings. The molecule has 3 heteroatoms. The number of anilines is 1. The van der Waals surface area contributed by atoms with Crippen molar-refractivity contribution in [1.82, 2.24) is 0 Å². The van der Waals surface area contributed by atoms with Gasteiger partial charge in [0.25, 0.3) is 0 Å². The van der Waals surface area contributed by atoms with Gasteiger partial charge in [0.2, 0.25) is 5.91 Å². The lowest BCUT2D eigenvalue weighted by Crippen LogP contribution is -2.28. The first kappa shape index (κ1) is 12.8. The van der Waals surface area contributed by atoms with Crippen LogP contribution >= 0.6 is 0 Å². The molecule has 1 aliphatic rings. The molecule has 1 heterocycles. The maximum Gasteiger partial charge on any atom is 0.226 e. The SMILES string of the molecule is CCCCC(=O)N1CCc2cc(C(C)=O)ccc21. The largest absolute Gasteiger partial charge is 0.312 e. The molecule has 0 spiro atoms. The first-order valence-electron chi connectivity index (χ1n) is 6.57. The predicted octanol–water partition coefficient (Wildman–Crippen LogP) is 2.97. The van der Waals surface area contributed by atoms with Crippen LogP contribution in [0.2, 0.25) is 0 Å². The van der Waals surface area contributed by atoms with Crippen molar-refractivity contribution in [2.24, 2.45) is 0 Å². The molecule has 1 aliphatic heterocycles. The molecule has 0 unspecified atom stereocenters. The van der Waals surface area contributed by atoms with Gasteiger partial charge in [0.1, 0.15) is 0 Å². The van der Waals surface area contributed by atoms with Crippen LogP contribution in [0.15, 0.2) is 18.2 Å². The van der Waals surface area contributed by atoms with Crippen molar-refractivity contribution < 1.29 is 9.59 Å². The molecule has 0 aromatic heterocycles. The summed E-state index contributed by atoms with van der Waals surface area (Å²) in [5.74, 6) is 0.278. The number of benzene rings is 1. The monoisotopic (exact) mass is 245 g/mol. The molecule has 3 nitrogen and oxygen atoms in total. The van der Waals surface area contributed by atoms with Crippen LogP contribution in [-0.2, 0) is 11.2 Å². The van der Waals surface area contributed by atoms with Crippen LogP contribution in [-0.4, -0.2) is 18.2 Å². The minimum atomic E-state index is 0.0774. The number of amides is 1. The number of carbonyl (C=O) groups excluding carboxylic acids is 2. The van der Waals surface area contributed by atoms with E-state index in [2.05, 4.69) is 6.92 Å². The van der Waals surface area contributed by atoms with Crippen LogP contribution < -0.4 is 4.90 Å². The zero-order chi connectivity index (χ0) is 13.1. The standard InChI is InChI=1S/C15H19NO2/c1-3-4-5-15(18)16-9-8-13-10-12(11(2)17)6-7-14(13)16/h6-7,10H,3-5,8-9H2,1-2H3. The molecule has 0 aliphatic carbocycles. The topological polar surface area (TPSA) is 37.4 Å². The van der Waals surface area contributed by atoms with Gasteiger partial charge in [-0.3, -0.25) is 9.59 Å². The number of nitrogens with zero attached hydrogens (tertiary/aromatic N) is 1. The minimum Gasteiger partial charge on any atom is -0.312 e. The van der Waals surface area contributed by atoms with E-state index < -0.39 is 0 Å². The molecule has 1 amide bonds. The average molecular weight is 245 g/mol. The molecular formula is C15H19NO2. The zero-order valence-corrected chi connectivity index (χ0v) is 11.0. The Kier molecular flexibility index (Phi) is 3.80. The third-order valence-corrected chi connectivity index (χ3v) is 3.43. The Labute approximate surface area is 108 Å². The number of fused-ring (bicyclic) bond motifs is 1. The fourth-order valence-corrected chi connectivity index (χ4v) is 2.34. The Morgan fingerprint density at radius 1 is 1.33 bits per heavy atom. The minimum absolute atomic E-state index is 0.0774. The number of carbonyl (C=O) groups is 2. The van der Waals surface area contributed by atoms with E-state index in [0.717, 1.165) is 42.6 Å². The third-order valence-electron chi connectivity index (χ3n) is 3.43. The summed E-state index contributed by atoms with van der Waals surface area (Å²) in [5.41, 5.74) is 2.84. The molecule has 18 heavy (non-hydrogen) atoms. The van der Waals surface area contributed by atoms with Crippen LogP contribution in [0.1, 0.15) is 49.0 Å². The van der Waals surface area contributed by atoms with E-state index in [4.69, 9.17) is 0 Å². The zero-order valence-electron chi connectivity index (χ0n) is 11.0. The van der Waals surface area contributed by atoms with E-state index in [1.807, 2.05) is 23.1 Å². The highest BCUT2D eigenvalue weighted by Crippen LogP contribution is 2.29. The molecule has 2 rings (SSSR count). The van der Waals surface area contributed by atoms with Gasteiger partial charge in [0, 0.05) is 24.2 Å². The summed E-state index contributed by atoms with van der Waals surface area (Å²) in [5, 5.41) is 0. The van der Waals surface area contributed by atoms with Gasteiger partial charge in [0.05, 0.1) is 0 Å². The summed E-state index contributed by atoms with van der Waals surface area (Å²) in [4.78, 5) is 25.2. The highest BCUT2D eigenvalue weighted by atomic mass is 16.2. The van der Waals surface area contributed by atoms with Gasteiger partial charge >= 0.3 is 0 Å². The first-order valence-corrected chi connectivity index (χ1v) is 6.57. The van der Waals surface area contributed by atoms with Crippen LogP contribution in [0.25, 0.3) is 0 Å². The van der Waals surface area contributed by atoms with Gasteiger partial charge in [-0.1, -0.05) is 13.3 Å². The second-order valence-electron chi connectivity index (χ2n) is 4.80. The Balaban J connectivity index is 2.18. The van der Waals surface area contributed by atoms with Gasteiger partial charge in [-0.2, -0.15) is 0 Å². The van der Waals surface area contributed by atoms with Crippen molar-refractivity contribution in [3.05, 3.63) is 29.3 Å². The van der Waals surface area contributed by atoms with E-state index in [9.17, 15) is 9.59 Å². The fourth-order valence-electron chi connectivity index (χ4n) is 2.34. The summed E-state index contributed by atoms with van der Waals surface area (Å²) in [6, 6.07) is 5.64. The fraction of sp³-hybridized carbons (Fsp3) is 0.467. The second kappa shape index (κ2) is 5.34. The van der Waals surface area contributed by atoms with Gasteiger partial charge in [-0.15, -0.1) is 0 Å². The third kappa shape index (κ3) is 2.45. The summed E-state index contributed by atoms with van der Waals surface area (Å²) >= 11 is 0. The van der Waals surface area contributed by atoms with Crippen molar-refractivity contribution in [2.45, 2.75) is 39.5 Å². The summed E-state index contributed by atoms with van der Waals surface area (Å²) in [6.45, 7) is 4.41. The van der Waals surface area contributed by atoms with Crippen LogP contribution in [0.4, 0.5) is 5.69 Å². The number of ketones is 1. The first-order chi connectivity index (χ1) is 8.63. The lowest BCUT2D eigenvalue weighted by molar-refractivity contribution is -0.118. The normalized spacial score (nSPS) is 13.6. The number of rotatable bonds is 4. The predicted molar refractivity (Wildman–Crippen MR) is 72.0 cm³/mol. The molecular weight excluding hydrogens is 226 g/mol. The van der Waals surface area contributed by atoms with E-state index in [0.29, 0.717) is 6.42 Å². The Bertz CT molecular complexity index is 479. The highest BCUT2D eigenvalue weighted by Gasteiger charge is 2.24. The number of hydrogen-bond acceptors (Lipinski definition) is 2. The summed E-state index contributed by atoms with van der Waals surface area (Å²) < 4.78 is 0. The van der Waals surface area contributed by atoms with Crippen molar-refractivity contribution in [3.8, 4) is 0 Å². The molecule has 0 atom stereocenters. The van der Waals surface area contributed by atoms with E-state index in [-0.39, 0.29) is 11.7 Å². The average Bonchev–Trinajstić information content (AvgIpc) is 2.78. The highest BCUT2D eigenvalue weighted by molar-refractivity contribution is 5.98. The Hall–Kier alpha value is -1.64. The molecule has 0 radical (unpaired) electrons. The quantitative estimate of drug-likeness (QED) is 0.765. The van der Waals surface area contributed by atoms with Crippen LogP contribution in [0, 0.1) is 0 Å². The molecule has 0 saturated carbocycles. The molecule has 1 aromatic carbocycles. The lowest BCUT2D eigenvalue weighted by Gasteiger charge is -2.17. The van der Waals surface area contributed by atoms with Crippen LogP contribution in [0.5, 0.6) is 0 Å². The smallest absolute Gasteiger partial charge is 0.226 e. The van der Waals surface area contributed by atoms with E-state index in [1.165, 1.54) is 0 Å². The maximum absolute atomic E-state index is 12.0. The lowest BCUT2D eigenvalue weighted by atomic mass is 10.1.